The van der Waals surface area contributed by atoms with E-state index in [9.17, 15) is 9.50 Å². The lowest BCUT2D eigenvalue weighted by atomic mass is 9.96. The van der Waals surface area contributed by atoms with E-state index in [1.54, 1.807) is 20.1 Å². The Hall–Kier alpha value is -1.71. The molecule has 0 aliphatic rings. The third-order valence-electron chi connectivity index (χ3n) is 3.10. The van der Waals surface area contributed by atoms with Crippen LogP contribution in [0.25, 0.3) is 0 Å². The van der Waals surface area contributed by atoms with Gasteiger partial charge >= 0.3 is 0 Å². The highest BCUT2D eigenvalue weighted by atomic mass is 19.1. The first-order chi connectivity index (χ1) is 9.11. The second kappa shape index (κ2) is 5.95. The lowest BCUT2D eigenvalue weighted by Crippen LogP contribution is -2.03. The fourth-order valence-electron chi connectivity index (χ4n) is 2.15. The number of aliphatic hydroxyl groups is 1. The van der Waals surface area contributed by atoms with E-state index in [-0.39, 0.29) is 5.82 Å². The second-order valence-corrected chi connectivity index (χ2v) is 4.58. The summed E-state index contributed by atoms with van der Waals surface area (Å²) in [6, 6.07) is 12.0. The van der Waals surface area contributed by atoms with Gasteiger partial charge in [-0.15, -0.1) is 0 Å². The Labute approximate surface area is 112 Å². The molecule has 0 spiro atoms. The van der Waals surface area contributed by atoms with Crippen LogP contribution >= 0.6 is 0 Å². The molecule has 2 rings (SSSR count). The molecule has 0 saturated carbocycles. The molecule has 1 unspecified atom stereocenters. The highest BCUT2D eigenvalue weighted by Gasteiger charge is 2.13. The summed E-state index contributed by atoms with van der Waals surface area (Å²) in [5.41, 5.74) is 3.24. The van der Waals surface area contributed by atoms with Gasteiger partial charge in [0.25, 0.3) is 0 Å². The summed E-state index contributed by atoms with van der Waals surface area (Å²) in [4.78, 5) is 0. The number of benzene rings is 2. The van der Waals surface area contributed by atoms with Gasteiger partial charge in [0, 0.05) is 7.11 Å². The Morgan fingerprint density at radius 3 is 2.68 bits per heavy atom. The average molecular weight is 260 g/mol. The van der Waals surface area contributed by atoms with Gasteiger partial charge in [-0.1, -0.05) is 30.3 Å². The zero-order valence-corrected chi connectivity index (χ0v) is 11.1. The third-order valence-corrected chi connectivity index (χ3v) is 3.10. The van der Waals surface area contributed by atoms with Crippen LogP contribution in [0.2, 0.25) is 0 Å². The van der Waals surface area contributed by atoms with E-state index >= 15 is 0 Å². The average Bonchev–Trinajstić information content (AvgIpc) is 2.39. The molecule has 3 heteroatoms. The number of ether oxygens (including phenoxy) is 1. The normalized spacial score (nSPS) is 12.4. The molecule has 1 atom stereocenters. The number of hydrogen-bond acceptors (Lipinski definition) is 2. The Kier molecular flexibility index (Phi) is 4.30. The van der Waals surface area contributed by atoms with Crippen molar-refractivity contribution in [3.63, 3.8) is 0 Å². The monoisotopic (exact) mass is 260 g/mol. The van der Waals surface area contributed by atoms with Gasteiger partial charge < -0.3 is 9.84 Å². The molecule has 0 amide bonds. The van der Waals surface area contributed by atoms with Gasteiger partial charge in [-0.05, 0) is 41.3 Å². The maximum absolute atomic E-state index is 13.1. The predicted octanol–water partition coefficient (Wildman–Crippen LogP) is 3.36. The molecule has 0 aromatic heterocycles. The van der Waals surface area contributed by atoms with Crippen LogP contribution in [-0.2, 0) is 11.3 Å². The molecule has 100 valence electrons. The van der Waals surface area contributed by atoms with Crippen molar-refractivity contribution in [3.8, 4) is 0 Å². The molecule has 19 heavy (non-hydrogen) atoms. The van der Waals surface area contributed by atoms with Crippen LogP contribution in [0.15, 0.2) is 42.5 Å². The van der Waals surface area contributed by atoms with Gasteiger partial charge in [0.15, 0.2) is 0 Å². The summed E-state index contributed by atoms with van der Waals surface area (Å²) >= 11 is 0. The van der Waals surface area contributed by atoms with Crippen molar-refractivity contribution < 1.29 is 14.2 Å². The summed E-state index contributed by atoms with van der Waals surface area (Å²) in [5, 5.41) is 10.4. The Bertz CT molecular complexity index is 566. The summed E-state index contributed by atoms with van der Waals surface area (Å²) < 4.78 is 18.2. The molecule has 0 saturated heterocycles. The molecular formula is C16H17FO2. The van der Waals surface area contributed by atoms with E-state index in [0.717, 1.165) is 22.3 Å². The predicted molar refractivity (Wildman–Crippen MR) is 72.4 cm³/mol. The molecule has 2 aromatic rings. The van der Waals surface area contributed by atoms with Crippen molar-refractivity contribution in [2.24, 2.45) is 0 Å². The van der Waals surface area contributed by atoms with Crippen molar-refractivity contribution in [3.05, 3.63) is 70.5 Å². The fraction of sp³-hybridized carbons (Fsp3) is 0.250. The first-order valence-electron chi connectivity index (χ1n) is 6.13. The Morgan fingerprint density at radius 2 is 2.00 bits per heavy atom. The number of hydrogen-bond donors (Lipinski definition) is 1. The van der Waals surface area contributed by atoms with Crippen LogP contribution in [-0.4, -0.2) is 12.2 Å². The van der Waals surface area contributed by atoms with E-state index in [1.807, 2.05) is 24.3 Å². The first-order valence-corrected chi connectivity index (χ1v) is 6.13. The van der Waals surface area contributed by atoms with Gasteiger partial charge in [0.2, 0.25) is 0 Å². The van der Waals surface area contributed by atoms with Crippen LogP contribution in [0.3, 0.4) is 0 Å². The molecule has 0 heterocycles. The lowest BCUT2D eigenvalue weighted by molar-refractivity contribution is 0.184. The Balaban J connectivity index is 2.32. The van der Waals surface area contributed by atoms with Crippen LogP contribution in [0.5, 0.6) is 0 Å². The molecule has 0 aliphatic carbocycles. The number of rotatable bonds is 4. The zero-order valence-electron chi connectivity index (χ0n) is 11.1. The van der Waals surface area contributed by atoms with Gasteiger partial charge in [-0.2, -0.15) is 0 Å². The summed E-state index contributed by atoms with van der Waals surface area (Å²) in [7, 11) is 1.63. The topological polar surface area (TPSA) is 29.5 Å². The van der Waals surface area contributed by atoms with Crippen LogP contribution in [0.1, 0.15) is 28.4 Å². The van der Waals surface area contributed by atoms with Crippen LogP contribution in [0.4, 0.5) is 4.39 Å². The second-order valence-electron chi connectivity index (χ2n) is 4.58. The van der Waals surface area contributed by atoms with Gasteiger partial charge in [0.05, 0.1) is 6.61 Å². The lowest BCUT2D eigenvalue weighted by Gasteiger charge is -2.15. The SMILES string of the molecule is COCc1cccc(C(O)c2ccc(F)cc2C)c1. The number of aliphatic hydroxyl groups excluding tert-OH is 1. The number of aryl methyl sites for hydroxylation is 1. The highest BCUT2D eigenvalue weighted by molar-refractivity contribution is 5.36. The molecule has 2 nitrogen and oxygen atoms in total. The zero-order chi connectivity index (χ0) is 13.8. The number of halogens is 1. The van der Waals surface area contributed by atoms with Crippen LogP contribution < -0.4 is 0 Å². The van der Waals surface area contributed by atoms with E-state index in [1.165, 1.54) is 12.1 Å². The van der Waals surface area contributed by atoms with Crippen molar-refractivity contribution in [2.75, 3.05) is 7.11 Å². The van der Waals surface area contributed by atoms with Crippen molar-refractivity contribution >= 4 is 0 Å². The molecule has 2 aromatic carbocycles. The van der Waals surface area contributed by atoms with E-state index in [2.05, 4.69) is 0 Å². The van der Waals surface area contributed by atoms with E-state index in [4.69, 9.17) is 4.74 Å². The maximum atomic E-state index is 13.1. The molecule has 0 fully saturated rings. The fourth-order valence-corrected chi connectivity index (χ4v) is 2.15. The van der Waals surface area contributed by atoms with E-state index < -0.39 is 6.10 Å². The quantitative estimate of drug-likeness (QED) is 0.913. The summed E-state index contributed by atoms with van der Waals surface area (Å²) in [5.74, 6) is -0.290. The Morgan fingerprint density at radius 1 is 1.21 bits per heavy atom. The van der Waals surface area contributed by atoms with Crippen LogP contribution in [0, 0.1) is 12.7 Å². The molecular weight excluding hydrogens is 243 g/mol. The van der Waals surface area contributed by atoms with Gasteiger partial charge in [-0.25, -0.2) is 4.39 Å². The van der Waals surface area contributed by atoms with Crippen molar-refractivity contribution in [2.45, 2.75) is 19.6 Å². The minimum atomic E-state index is -0.752. The smallest absolute Gasteiger partial charge is 0.123 e. The molecule has 1 N–H and O–H groups in total. The summed E-state index contributed by atoms with van der Waals surface area (Å²) in [6.45, 7) is 2.30. The largest absolute Gasteiger partial charge is 0.384 e. The van der Waals surface area contributed by atoms with Gasteiger partial charge in [-0.3, -0.25) is 0 Å². The first kappa shape index (κ1) is 13.7. The number of methoxy groups -OCH3 is 1. The minimum Gasteiger partial charge on any atom is -0.384 e. The van der Waals surface area contributed by atoms with Crippen molar-refractivity contribution in [1.82, 2.24) is 0 Å². The maximum Gasteiger partial charge on any atom is 0.123 e. The third kappa shape index (κ3) is 3.19. The highest BCUT2D eigenvalue weighted by Crippen LogP contribution is 2.26. The van der Waals surface area contributed by atoms with Gasteiger partial charge in [0.1, 0.15) is 11.9 Å². The van der Waals surface area contributed by atoms with Crippen molar-refractivity contribution in [1.29, 1.82) is 0 Å². The standard InChI is InChI=1S/C16H17FO2/c1-11-8-14(17)6-7-15(11)16(18)13-5-3-4-12(9-13)10-19-2/h3-9,16,18H,10H2,1-2H3. The molecule has 0 aliphatic heterocycles. The molecule has 0 bridgehead atoms. The molecule has 0 radical (unpaired) electrons. The minimum absolute atomic E-state index is 0.290. The van der Waals surface area contributed by atoms with E-state index in [0.29, 0.717) is 6.61 Å². The summed E-state index contributed by atoms with van der Waals surface area (Å²) in [6.07, 6.45) is -0.752.